The van der Waals surface area contributed by atoms with Gasteiger partial charge in [0.1, 0.15) is 0 Å². The average molecular weight is 527 g/mol. The van der Waals surface area contributed by atoms with Gasteiger partial charge >= 0.3 is 229 Å². The van der Waals surface area contributed by atoms with E-state index in [1.807, 2.05) is 48.5 Å². The van der Waals surface area contributed by atoms with Gasteiger partial charge in [-0.1, -0.05) is 0 Å². The van der Waals surface area contributed by atoms with E-state index in [-0.39, 0.29) is 0 Å². The minimum atomic E-state index is -3.90. The van der Waals surface area contributed by atoms with E-state index in [9.17, 15) is 0 Å². The Bertz CT molecular complexity index is 1600. The van der Waals surface area contributed by atoms with Crippen LogP contribution in [0.1, 0.15) is 11.1 Å². The van der Waals surface area contributed by atoms with Crippen LogP contribution in [0.5, 0.6) is 0 Å². The molecule has 0 amide bonds. The summed E-state index contributed by atoms with van der Waals surface area (Å²) in [6.45, 7) is -1.82. The molecule has 5 aromatic rings. The fourth-order valence-electron chi connectivity index (χ4n) is 5.63. The van der Waals surface area contributed by atoms with E-state index in [4.69, 9.17) is 14.5 Å². The number of hydrogen-bond acceptors (Lipinski definition) is 4. The van der Waals surface area contributed by atoms with Crippen molar-refractivity contribution in [2.24, 2.45) is 5.10 Å². The van der Waals surface area contributed by atoms with E-state index in [0.29, 0.717) is 11.5 Å². The Balaban J connectivity index is 1.62. The SMILES string of the molecule is Cc1ccc(N2N=C3C(=C(c4ccccc4)OP3(c3ccccc3)(c3ccccc3)c3ccccc3)O2)cc1. The van der Waals surface area contributed by atoms with Crippen molar-refractivity contribution in [1.29, 1.82) is 0 Å². The molecule has 0 spiro atoms. The molecule has 0 saturated heterocycles. The van der Waals surface area contributed by atoms with E-state index in [2.05, 4.69) is 104 Å². The second kappa shape index (κ2) is 8.97. The molecule has 0 N–H and O–H groups in total. The minimum absolute atomic E-state index is 0.649. The summed E-state index contributed by atoms with van der Waals surface area (Å²) in [4.78, 5) is 6.64. The van der Waals surface area contributed by atoms with Gasteiger partial charge in [-0.05, 0) is 0 Å². The fraction of sp³-hybridized carbons (Fsp3) is 0.0294. The van der Waals surface area contributed by atoms with Gasteiger partial charge in [-0.2, -0.15) is 0 Å². The summed E-state index contributed by atoms with van der Waals surface area (Å²) < 4.78 is 7.58. The van der Waals surface area contributed by atoms with Crippen LogP contribution in [0.25, 0.3) is 5.76 Å². The first-order valence-electron chi connectivity index (χ1n) is 13.0. The summed E-state index contributed by atoms with van der Waals surface area (Å²) in [6.07, 6.45) is 0. The predicted molar refractivity (Wildman–Crippen MR) is 162 cm³/mol. The molecule has 5 heteroatoms. The second-order valence-corrected chi connectivity index (χ2v) is 14.0. The van der Waals surface area contributed by atoms with Crippen molar-refractivity contribution < 1.29 is 9.36 Å². The third kappa shape index (κ3) is 3.32. The zero-order chi connectivity index (χ0) is 26.3. The molecule has 2 heterocycles. The number of nitrogens with zero attached hydrogens (tertiary/aromatic N) is 2. The van der Waals surface area contributed by atoms with Crippen LogP contribution in [0.3, 0.4) is 0 Å². The maximum atomic E-state index is 7.58. The van der Waals surface area contributed by atoms with Crippen molar-refractivity contribution in [2.45, 2.75) is 6.92 Å². The standard InChI is InChI=1S/C34H27N2O2P/c1-26-22-24-28(25-23-26)36-35-34-33(37-36)32(27-14-6-2-7-15-27)38-39(34,29-16-8-3-9-17-29,30-18-10-4-11-19-30)31-20-12-5-13-21-31/h2-25H,1H3. The number of rotatable bonds is 5. The van der Waals surface area contributed by atoms with Crippen molar-refractivity contribution in [3.8, 4) is 0 Å². The summed E-state index contributed by atoms with van der Waals surface area (Å²) >= 11 is 0. The van der Waals surface area contributed by atoms with Crippen molar-refractivity contribution in [3.63, 3.8) is 0 Å². The fourth-order valence-corrected chi connectivity index (χ4v) is 11.2. The summed E-state index contributed by atoms with van der Waals surface area (Å²) in [7, 11) is 0. The van der Waals surface area contributed by atoms with Crippen LogP contribution in [0, 0.1) is 6.92 Å². The third-order valence-corrected chi connectivity index (χ3v) is 13.0. The van der Waals surface area contributed by atoms with Gasteiger partial charge in [0.15, 0.2) is 0 Å². The quantitative estimate of drug-likeness (QED) is 0.234. The molecule has 7 rings (SSSR count). The molecule has 5 aromatic carbocycles. The molecule has 0 fully saturated rings. The van der Waals surface area contributed by atoms with Crippen LogP contribution in [-0.2, 0) is 9.36 Å². The van der Waals surface area contributed by atoms with Crippen LogP contribution in [0.2, 0.25) is 0 Å². The van der Waals surface area contributed by atoms with Crippen LogP contribution < -0.4 is 21.1 Å². The monoisotopic (exact) mass is 526 g/mol. The molecule has 0 aromatic heterocycles. The van der Waals surface area contributed by atoms with Crippen molar-refractivity contribution >= 4 is 39.6 Å². The maximum absolute atomic E-state index is 7.58. The molecular formula is C34H27N2O2P. The second-order valence-electron chi connectivity index (χ2n) is 9.78. The van der Waals surface area contributed by atoms with E-state index >= 15 is 0 Å². The molecule has 0 saturated carbocycles. The Morgan fingerprint density at radius 3 is 1.49 bits per heavy atom. The molecule has 0 aliphatic carbocycles. The number of aryl methyl sites for hydroxylation is 1. The average Bonchev–Trinajstić information content (AvgIpc) is 3.58. The van der Waals surface area contributed by atoms with Crippen LogP contribution >= 0.6 is 6.83 Å². The molecule has 39 heavy (non-hydrogen) atoms. The Hall–Kier alpha value is -4.66. The number of benzene rings is 5. The third-order valence-electron chi connectivity index (χ3n) is 7.49. The zero-order valence-corrected chi connectivity index (χ0v) is 22.4. The first-order chi connectivity index (χ1) is 19.2. The van der Waals surface area contributed by atoms with Crippen molar-refractivity contribution in [1.82, 2.24) is 0 Å². The molecule has 2 aliphatic rings. The van der Waals surface area contributed by atoms with Gasteiger partial charge in [0, 0.05) is 0 Å². The van der Waals surface area contributed by atoms with Crippen LogP contribution in [0.15, 0.2) is 156 Å². The first-order valence-corrected chi connectivity index (χ1v) is 15.2. The van der Waals surface area contributed by atoms with Crippen molar-refractivity contribution in [3.05, 3.63) is 162 Å². The van der Waals surface area contributed by atoms with Gasteiger partial charge in [0.05, 0.1) is 0 Å². The molecule has 0 atom stereocenters. The normalized spacial score (nSPS) is 17.8. The molecule has 0 radical (unpaired) electrons. The number of fused-ring (bicyclic) bond motifs is 1. The number of hydrogen-bond donors (Lipinski definition) is 0. The van der Waals surface area contributed by atoms with E-state index in [1.54, 1.807) is 5.17 Å². The summed E-state index contributed by atoms with van der Waals surface area (Å²) in [5.41, 5.74) is 3.79. The Morgan fingerprint density at radius 2 is 1.00 bits per heavy atom. The van der Waals surface area contributed by atoms with E-state index in [1.165, 1.54) is 5.56 Å². The van der Waals surface area contributed by atoms with Gasteiger partial charge < -0.3 is 0 Å². The van der Waals surface area contributed by atoms with Gasteiger partial charge in [-0.15, -0.1) is 0 Å². The molecule has 0 unspecified atom stereocenters. The molecular weight excluding hydrogens is 499 g/mol. The Labute approximate surface area is 228 Å². The Morgan fingerprint density at radius 1 is 0.538 bits per heavy atom. The summed E-state index contributed by atoms with van der Waals surface area (Å²) in [5.74, 6) is 1.34. The zero-order valence-electron chi connectivity index (χ0n) is 21.5. The predicted octanol–water partition coefficient (Wildman–Crippen LogP) is 6.90. The van der Waals surface area contributed by atoms with Crippen molar-refractivity contribution in [2.75, 3.05) is 5.17 Å². The summed E-state index contributed by atoms with van der Waals surface area (Å²) in [5, 5.41) is 10.1. The molecule has 2 aliphatic heterocycles. The molecule has 4 nitrogen and oxygen atoms in total. The first kappa shape index (κ1) is 23.5. The van der Waals surface area contributed by atoms with Gasteiger partial charge in [0.2, 0.25) is 0 Å². The summed E-state index contributed by atoms with van der Waals surface area (Å²) in [6, 6.07) is 50.0. The molecule has 0 bridgehead atoms. The molecule has 190 valence electrons. The number of hydrazone groups is 1. The number of anilines is 1. The van der Waals surface area contributed by atoms with Crippen LogP contribution in [0.4, 0.5) is 5.69 Å². The Kier molecular flexibility index (Phi) is 5.40. The van der Waals surface area contributed by atoms with E-state index < -0.39 is 6.83 Å². The van der Waals surface area contributed by atoms with Crippen LogP contribution in [-0.4, -0.2) is 5.45 Å². The number of allylic oxidation sites excluding steroid dienone is 1. The topological polar surface area (TPSA) is 34.1 Å². The van der Waals surface area contributed by atoms with E-state index in [0.717, 1.165) is 32.6 Å². The van der Waals surface area contributed by atoms with Gasteiger partial charge in [0.25, 0.3) is 0 Å². The van der Waals surface area contributed by atoms with Gasteiger partial charge in [-0.3, -0.25) is 0 Å². The van der Waals surface area contributed by atoms with Gasteiger partial charge in [-0.25, -0.2) is 0 Å².